The number of carbonyl (C=O) groups is 2. The number of amides is 2. The van der Waals surface area contributed by atoms with E-state index in [1.807, 2.05) is 6.07 Å². The fraction of sp³-hybridized carbons (Fsp3) is 0.172. The molecule has 214 valence electrons. The second-order valence-electron chi connectivity index (χ2n) is 9.79. The molecule has 13 heteroatoms. The van der Waals surface area contributed by atoms with Gasteiger partial charge in [-0.05, 0) is 42.8 Å². The quantitative estimate of drug-likeness (QED) is 0.276. The summed E-state index contributed by atoms with van der Waals surface area (Å²) >= 11 is 1.46. The number of benzene rings is 2. The Labute approximate surface area is 244 Å². The van der Waals surface area contributed by atoms with Crippen molar-refractivity contribution in [3.63, 3.8) is 0 Å². The molecule has 0 saturated carbocycles. The molecule has 1 aliphatic rings. The van der Waals surface area contributed by atoms with Crippen molar-refractivity contribution in [2.45, 2.75) is 12.8 Å². The van der Waals surface area contributed by atoms with Gasteiger partial charge in [0, 0.05) is 66.6 Å². The number of halogens is 1. The summed E-state index contributed by atoms with van der Waals surface area (Å²) in [6.45, 7) is 0. The predicted molar refractivity (Wildman–Crippen MR) is 160 cm³/mol. The first-order valence-electron chi connectivity index (χ1n) is 12.8. The Bertz CT molecular complexity index is 2000. The van der Waals surface area contributed by atoms with Crippen LogP contribution in [0, 0.1) is 5.82 Å². The van der Waals surface area contributed by atoms with Gasteiger partial charge in [0.15, 0.2) is 0 Å². The number of aryl methyl sites for hydroxylation is 1. The molecule has 0 bridgehead atoms. The monoisotopic (exact) mass is 605 g/mol. The maximum atomic E-state index is 13.7. The summed E-state index contributed by atoms with van der Waals surface area (Å²) in [5.41, 5.74) is 3.02. The molecular formula is C29H24FN5O5S2. The van der Waals surface area contributed by atoms with Crippen molar-refractivity contribution in [3.05, 3.63) is 71.1 Å². The van der Waals surface area contributed by atoms with Gasteiger partial charge in [0.05, 0.1) is 22.4 Å². The molecule has 4 heterocycles. The number of sulfonamides is 1. The Hall–Kier alpha value is -4.62. The minimum atomic E-state index is -3.71. The molecule has 6 rings (SSSR count). The molecule has 0 fully saturated rings. The van der Waals surface area contributed by atoms with Crippen LogP contribution < -0.4 is 14.9 Å². The topological polar surface area (TPSA) is 134 Å². The van der Waals surface area contributed by atoms with Crippen molar-refractivity contribution in [1.29, 1.82) is 0 Å². The number of fused-ring (bicyclic) bond motifs is 2. The third-order valence-electron chi connectivity index (χ3n) is 7.03. The molecule has 3 aromatic heterocycles. The summed E-state index contributed by atoms with van der Waals surface area (Å²) in [4.78, 5) is 34.9. The van der Waals surface area contributed by atoms with Gasteiger partial charge in [0.1, 0.15) is 28.0 Å². The van der Waals surface area contributed by atoms with Crippen LogP contribution in [0.25, 0.3) is 44.0 Å². The van der Waals surface area contributed by atoms with Crippen molar-refractivity contribution < 1.29 is 26.8 Å². The third-order valence-corrected chi connectivity index (χ3v) is 9.39. The molecule has 2 N–H and O–H groups in total. The highest BCUT2D eigenvalue weighted by Crippen LogP contribution is 2.42. The summed E-state index contributed by atoms with van der Waals surface area (Å²) in [6, 6.07) is 10.6. The maximum absolute atomic E-state index is 13.7. The average molecular weight is 606 g/mol. The Morgan fingerprint density at radius 2 is 1.83 bits per heavy atom. The number of nitrogens with zero attached hydrogens (tertiary/aromatic N) is 3. The first-order valence-corrected chi connectivity index (χ1v) is 15.5. The van der Waals surface area contributed by atoms with Gasteiger partial charge in [0.2, 0.25) is 15.9 Å². The van der Waals surface area contributed by atoms with Gasteiger partial charge in [-0.3, -0.25) is 18.9 Å². The molecule has 0 atom stereocenters. The molecule has 0 radical (unpaired) electrons. The fourth-order valence-corrected chi connectivity index (χ4v) is 6.33. The van der Waals surface area contributed by atoms with Gasteiger partial charge in [-0.1, -0.05) is 0 Å². The molecule has 2 amide bonds. The summed E-state index contributed by atoms with van der Waals surface area (Å²) in [5.74, 6) is -0.189. The molecule has 0 saturated heterocycles. The summed E-state index contributed by atoms with van der Waals surface area (Å²) < 4.78 is 46.3. The molecule has 42 heavy (non-hydrogen) atoms. The zero-order chi connectivity index (χ0) is 29.8. The van der Waals surface area contributed by atoms with Crippen molar-refractivity contribution in [1.82, 2.24) is 15.3 Å². The number of hydrogen-bond donors (Lipinski definition) is 2. The van der Waals surface area contributed by atoms with E-state index >= 15 is 0 Å². The smallest absolute Gasteiger partial charge is 0.255 e. The Morgan fingerprint density at radius 1 is 1.10 bits per heavy atom. The molecule has 2 aromatic carbocycles. The lowest BCUT2D eigenvalue weighted by Gasteiger charge is -2.20. The molecule has 0 aliphatic carbocycles. The first kappa shape index (κ1) is 27.5. The van der Waals surface area contributed by atoms with Crippen LogP contribution in [0.3, 0.4) is 0 Å². The zero-order valence-electron chi connectivity index (χ0n) is 22.7. The number of nitrogens with one attached hydrogen (secondary N) is 2. The second-order valence-corrected chi connectivity index (χ2v) is 12.9. The average Bonchev–Trinajstić information content (AvgIpc) is 3.56. The van der Waals surface area contributed by atoms with Gasteiger partial charge in [-0.2, -0.15) is 0 Å². The van der Waals surface area contributed by atoms with E-state index in [-0.39, 0.29) is 22.8 Å². The van der Waals surface area contributed by atoms with Gasteiger partial charge in [-0.25, -0.2) is 17.8 Å². The van der Waals surface area contributed by atoms with Crippen molar-refractivity contribution in [3.8, 4) is 33.0 Å². The lowest BCUT2D eigenvalue weighted by molar-refractivity contribution is -0.116. The molecule has 1 aliphatic heterocycles. The Kier molecular flexibility index (Phi) is 6.78. The Morgan fingerprint density at radius 3 is 2.55 bits per heavy atom. The zero-order valence-corrected chi connectivity index (χ0v) is 24.3. The minimum Gasteiger partial charge on any atom is -0.455 e. The number of anilines is 2. The van der Waals surface area contributed by atoms with E-state index in [0.29, 0.717) is 57.0 Å². The largest absolute Gasteiger partial charge is 0.455 e. The van der Waals surface area contributed by atoms with E-state index in [0.717, 1.165) is 15.4 Å². The number of furan rings is 1. The van der Waals surface area contributed by atoms with Gasteiger partial charge in [0.25, 0.3) is 5.91 Å². The number of rotatable bonds is 6. The van der Waals surface area contributed by atoms with E-state index in [9.17, 15) is 22.4 Å². The SMILES string of the molecule is CNC(=O)c1c(-c2ccc(F)cc2)oc2cc(N(C)S(C)(=O)=O)c(-c3cncc(-c4nc5c(s4)CCC(=O)N5)c3)cc12. The van der Waals surface area contributed by atoms with Crippen LogP contribution in [0.5, 0.6) is 0 Å². The third kappa shape index (κ3) is 4.90. The maximum Gasteiger partial charge on any atom is 0.255 e. The second kappa shape index (κ2) is 10.3. The van der Waals surface area contributed by atoms with Crippen molar-refractivity contribution >= 4 is 55.6 Å². The highest BCUT2D eigenvalue weighted by molar-refractivity contribution is 7.92. The lowest BCUT2D eigenvalue weighted by Crippen LogP contribution is -2.25. The summed E-state index contributed by atoms with van der Waals surface area (Å²) in [5, 5.41) is 6.52. The highest BCUT2D eigenvalue weighted by Gasteiger charge is 2.27. The van der Waals surface area contributed by atoms with Gasteiger partial charge >= 0.3 is 0 Å². The predicted octanol–water partition coefficient (Wildman–Crippen LogP) is 5.06. The number of thiazole rings is 1. The first-order chi connectivity index (χ1) is 20.0. The fourth-order valence-electron chi connectivity index (χ4n) is 4.83. The van der Waals surface area contributed by atoms with Crippen LogP contribution >= 0.6 is 11.3 Å². The van der Waals surface area contributed by atoms with Crippen molar-refractivity contribution in [2.75, 3.05) is 30.0 Å². The van der Waals surface area contributed by atoms with E-state index in [1.165, 1.54) is 49.7 Å². The molecule has 10 nitrogen and oxygen atoms in total. The number of aromatic nitrogens is 2. The number of hydrogen-bond acceptors (Lipinski definition) is 8. The number of carbonyl (C=O) groups excluding carboxylic acids is 2. The van der Waals surface area contributed by atoms with E-state index in [1.54, 1.807) is 24.5 Å². The Balaban J connectivity index is 1.57. The molecule has 0 unspecified atom stereocenters. The van der Waals surface area contributed by atoms with Crippen LogP contribution in [0.4, 0.5) is 15.9 Å². The van der Waals surface area contributed by atoms with Crippen LogP contribution in [0.2, 0.25) is 0 Å². The summed E-state index contributed by atoms with van der Waals surface area (Å²) in [7, 11) is -0.785. The van der Waals surface area contributed by atoms with Crippen LogP contribution in [0.1, 0.15) is 21.7 Å². The van der Waals surface area contributed by atoms with E-state index < -0.39 is 21.7 Å². The van der Waals surface area contributed by atoms with E-state index in [4.69, 9.17) is 4.42 Å². The van der Waals surface area contributed by atoms with Crippen molar-refractivity contribution in [2.24, 2.45) is 0 Å². The van der Waals surface area contributed by atoms with E-state index in [2.05, 4.69) is 20.6 Å². The standard InChI is InChI=1S/C29H24FN5O5S2/c1-31-28(37)25-20-11-19(16-10-17(14-32-13-16)29-34-27-23(41-29)8-9-24(36)33-27)21(35(2)42(3,38)39)12-22(20)40-26(25)15-4-6-18(30)7-5-15/h4-7,10-14H,8-9H2,1-3H3,(H,31,37)(H,33,36). The highest BCUT2D eigenvalue weighted by atomic mass is 32.2. The summed E-state index contributed by atoms with van der Waals surface area (Å²) in [6.07, 6.45) is 5.33. The molecule has 5 aromatic rings. The van der Waals surface area contributed by atoms with Crippen LogP contribution in [0.15, 0.2) is 59.3 Å². The van der Waals surface area contributed by atoms with Gasteiger partial charge < -0.3 is 15.1 Å². The van der Waals surface area contributed by atoms with Crippen LogP contribution in [-0.2, 0) is 21.2 Å². The normalized spacial score (nSPS) is 13.1. The number of pyridine rings is 1. The molecule has 0 spiro atoms. The minimum absolute atomic E-state index is 0.0833. The molecular weight excluding hydrogens is 581 g/mol. The van der Waals surface area contributed by atoms with Crippen LogP contribution in [-0.4, -0.2) is 50.6 Å². The lowest BCUT2D eigenvalue weighted by atomic mass is 9.98. The van der Waals surface area contributed by atoms with Gasteiger partial charge in [-0.15, -0.1) is 11.3 Å².